The molecule has 0 atom stereocenters. The maximum atomic E-state index is 12.1. The van der Waals surface area contributed by atoms with Crippen LogP contribution in [-0.4, -0.2) is 29.6 Å². The maximum Gasteiger partial charge on any atom is 0.248 e. The van der Waals surface area contributed by atoms with Gasteiger partial charge in [0.15, 0.2) is 0 Å². The van der Waals surface area contributed by atoms with Crippen molar-refractivity contribution in [1.29, 1.82) is 0 Å². The van der Waals surface area contributed by atoms with E-state index >= 15 is 0 Å². The van der Waals surface area contributed by atoms with Crippen LogP contribution in [0.3, 0.4) is 0 Å². The average Bonchev–Trinajstić information content (AvgIpc) is 2.34. The van der Waals surface area contributed by atoms with Crippen molar-refractivity contribution in [3.8, 4) is 0 Å². The monoisotopic (exact) mass is 283 g/mol. The number of ether oxygens (including phenoxy) is 1. The zero-order valence-electron chi connectivity index (χ0n) is 12.1. The lowest BCUT2D eigenvalue weighted by Crippen LogP contribution is -2.36. The molecule has 19 heavy (non-hydrogen) atoms. The third kappa shape index (κ3) is 5.62. The second-order valence-corrected chi connectivity index (χ2v) is 5.81. The molecule has 0 bridgehead atoms. The van der Waals surface area contributed by atoms with Crippen molar-refractivity contribution in [2.24, 2.45) is 0 Å². The molecular formula is C15H22ClNO2. The van der Waals surface area contributed by atoms with Gasteiger partial charge in [-0.1, -0.05) is 29.8 Å². The van der Waals surface area contributed by atoms with Crippen molar-refractivity contribution in [3.63, 3.8) is 0 Å². The van der Waals surface area contributed by atoms with Crippen LogP contribution in [0.5, 0.6) is 0 Å². The van der Waals surface area contributed by atoms with E-state index in [1.54, 1.807) is 4.90 Å². The van der Waals surface area contributed by atoms with Gasteiger partial charge in [-0.05, 0) is 39.3 Å². The second-order valence-electron chi connectivity index (χ2n) is 5.40. The maximum absolute atomic E-state index is 12.1. The van der Waals surface area contributed by atoms with E-state index in [1.807, 2.05) is 52.0 Å². The molecule has 0 fully saturated rings. The number of amides is 1. The summed E-state index contributed by atoms with van der Waals surface area (Å²) in [5.41, 5.74) is 0.648. The fourth-order valence-corrected chi connectivity index (χ4v) is 1.77. The fourth-order valence-electron chi connectivity index (χ4n) is 1.58. The predicted octanol–water partition coefficient (Wildman–Crippen LogP) is 3.50. The van der Waals surface area contributed by atoms with Crippen LogP contribution in [0.25, 0.3) is 0 Å². The minimum absolute atomic E-state index is 0.0163. The Labute approximate surface area is 120 Å². The molecule has 1 aromatic rings. The molecule has 0 saturated carbocycles. The minimum Gasteiger partial charge on any atom is -0.366 e. The fraction of sp³-hybridized carbons (Fsp3) is 0.533. The number of benzene rings is 1. The second kappa shape index (κ2) is 6.92. The Bertz CT molecular complexity index is 426. The molecule has 0 aromatic heterocycles. The molecule has 0 heterocycles. The first-order chi connectivity index (χ1) is 8.83. The third-order valence-electron chi connectivity index (χ3n) is 2.68. The van der Waals surface area contributed by atoms with Gasteiger partial charge in [0.25, 0.3) is 0 Å². The molecule has 1 amide bonds. The lowest BCUT2D eigenvalue weighted by Gasteiger charge is -2.25. The molecule has 1 aromatic carbocycles. The highest BCUT2D eigenvalue weighted by atomic mass is 35.5. The van der Waals surface area contributed by atoms with Crippen LogP contribution in [0.2, 0.25) is 5.02 Å². The van der Waals surface area contributed by atoms with Crippen molar-refractivity contribution in [1.82, 2.24) is 4.90 Å². The van der Waals surface area contributed by atoms with Gasteiger partial charge in [0.2, 0.25) is 5.91 Å². The summed E-state index contributed by atoms with van der Waals surface area (Å²) in [4.78, 5) is 13.8. The number of hydrogen-bond acceptors (Lipinski definition) is 2. The van der Waals surface area contributed by atoms with E-state index in [0.29, 0.717) is 18.1 Å². The minimum atomic E-state index is -0.306. The van der Waals surface area contributed by atoms with E-state index in [1.165, 1.54) is 0 Å². The van der Waals surface area contributed by atoms with Crippen molar-refractivity contribution in [3.05, 3.63) is 34.9 Å². The summed E-state index contributed by atoms with van der Waals surface area (Å²) < 4.78 is 5.52. The van der Waals surface area contributed by atoms with E-state index < -0.39 is 0 Å². The third-order valence-corrected chi connectivity index (χ3v) is 3.05. The van der Waals surface area contributed by atoms with Crippen molar-refractivity contribution in [2.75, 3.05) is 13.2 Å². The number of carbonyl (C=O) groups excluding carboxylic acids is 1. The topological polar surface area (TPSA) is 29.5 Å². The molecular weight excluding hydrogens is 262 g/mol. The number of rotatable bonds is 5. The number of halogens is 1. The average molecular weight is 284 g/mol. The molecule has 0 N–H and O–H groups in total. The zero-order valence-corrected chi connectivity index (χ0v) is 12.8. The summed E-state index contributed by atoms with van der Waals surface area (Å²) in [5.74, 6) is -0.0163. The lowest BCUT2D eigenvalue weighted by atomic mass is 10.2. The van der Waals surface area contributed by atoms with Gasteiger partial charge in [-0.15, -0.1) is 0 Å². The van der Waals surface area contributed by atoms with Crippen molar-refractivity contribution in [2.45, 2.75) is 39.8 Å². The Morgan fingerprint density at radius 1 is 1.32 bits per heavy atom. The van der Waals surface area contributed by atoms with Crippen LogP contribution in [-0.2, 0) is 16.1 Å². The van der Waals surface area contributed by atoms with Gasteiger partial charge in [0.05, 0.1) is 5.60 Å². The highest BCUT2D eigenvalue weighted by molar-refractivity contribution is 6.31. The predicted molar refractivity (Wildman–Crippen MR) is 78.2 cm³/mol. The Morgan fingerprint density at radius 3 is 2.47 bits per heavy atom. The summed E-state index contributed by atoms with van der Waals surface area (Å²) in [6.07, 6.45) is 0. The zero-order chi connectivity index (χ0) is 14.5. The quantitative estimate of drug-likeness (QED) is 0.828. The summed E-state index contributed by atoms with van der Waals surface area (Å²) >= 11 is 6.11. The van der Waals surface area contributed by atoms with Gasteiger partial charge in [-0.3, -0.25) is 4.79 Å². The summed E-state index contributed by atoms with van der Waals surface area (Å²) in [6.45, 7) is 9.01. The molecule has 0 radical (unpaired) electrons. The van der Waals surface area contributed by atoms with Crippen LogP contribution < -0.4 is 0 Å². The number of likely N-dealkylation sites (N-methyl/N-ethyl adjacent to an activating group) is 1. The first kappa shape index (κ1) is 16.0. The first-order valence-electron chi connectivity index (χ1n) is 6.48. The molecule has 1 rings (SSSR count). The Hall–Kier alpha value is -1.06. The van der Waals surface area contributed by atoms with E-state index in [9.17, 15) is 4.79 Å². The first-order valence-corrected chi connectivity index (χ1v) is 6.86. The molecule has 0 spiro atoms. The van der Waals surface area contributed by atoms with E-state index in [-0.39, 0.29) is 18.1 Å². The van der Waals surface area contributed by atoms with Crippen LogP contribution in [0, 0.1) is 0 Å². The summed E-state index contributed by atoms with van der Waals surface area (Å²) in [6, 6.07) is 7.57. The smallest absolute Gasteiger partial charge is 0.248 e. The van der Waals surface area contributed by atoms with Crippen LogP contribution in [0.4, 0.5) is 0 Å². The molecule has 0 aliphatic rings. The highest BCUT2D eigenvalue weighted by Crippen LogP contribution is 2.17. The van der Waals surface area contributed by atoms with Crippen LogP contribution in [0.1, 0.15) is 33.3 Å². The van der Waals surface area contributed by atoms with Gasteiger partial charge < -0.3 is 9.64 Å². The lowest BCUT2D eigenvalue weighted by molar-refractivity contribution is -0.141. The van der Waals surface area contributed by atoms with Gasteiger partial charge in [0.1, 0.15) is 6.61 Å². The number of nitrogens with zero attached hydrogens (tertiary/aromatic N) is 1. The van der Waals surface area contributed by atoms with Crippen molar-refractivity contribution < 1.29 is 9.53 Å². The molecule has 0 unspecified atom stereocenters. The van der Waals surface area contributed by atoms with Crippen LogP contribution in [0.15, 0.2) is 24.3 Å². The Balaban J connectivity index is 2.63. The van der Waals surface area contributed by atoms with Gasteiger partial charge >= 0.3 is 0 Å². The Kier molecular flexibility index (Phi) is 5.83. The normalized spacial score (nSPS) is 11.4. The number of hydrogen-bond donors (Lipinski definition) is 0. The van der Waals surface area contributed by atoms with Crippen LogP contribution >= 0.6 is 11.6 Å². The van der Waals surface area contributed by atoms with Gasteiger partial charge in [-0.25, -0.2) is 0 Å². The largest absolute Gasteiger partial charge is 0.366 e. The standard InChI is InChI=1S/C15H22ClNO2/c1-5-17(14(18)11-19-15(2,3)4)10-12-8-6-7-9-13(12)16/h6-9H,5,10-11H2,1-4H3. The van der Waals surface area contributed by atoms with E-state index in [2.05, 4.69) is 0 Å². The molecule has 0 saturated heterocycles. The van der Waals surface area contributed by atoms with Gasteiger partial charge in [0, 0.05) is 18.1 Å². The molecule has 0 aliphatic carbocycles. The molecule has 0 aliphatic heterocycles. The molecule has 106 valence electrons. The Morgan fingerprint density at radius 2 is 1.95 bits per heavy atom. The SMILES string of the molecule is CCN(Cc1ccccc1Cl)C(=O)COC(C)(C)C. The summed E-state index contributed by atoms with van der Waals surface area (Å²) in [7, 11) is 0. The van der Waals surface area contributed by atoms with Gasteiger partial charge in [-0.2, -0.15) is 0 Å². The van der Waals surface area contributed by atoms with Crippen molar-refractivity contribution >= 4 is 17.5 Å². The van der Waals surface area contributed by atoms with E-state index in [0.717, 1.165) is 5.56 Å². The summed E-state index contributed by atoms with van der Waals surface area (Å²) in [5, 5.41) is 0.686. The van der Waals surface area contributed by atoms with E-state index in [4.69, 9.17) is 16.3 Å². The molecule has 3 nitrogen and oxygen atoms in total. The molecule has 4 heteroatoms. The highest BCUT2D eigenvalue weighted by Gasteiger charge is 2.17. The number of carbonyl (C=O) groups is 1.